The minimum atomic E-state index is -0.437. The molecule has 3 nitrogen and oxygen atoms in total. The van der Waals surface area contributed by atoms with Crippen LogP contribution in [0.3, 0.4) is 0 Å². The summed E-state index contributed by atoms with van der Waals surface area (Å²) in [5.74, 6) is 0. The molecule has 0 fully saturated rings. The molecule has 1 heterocycles. The summed E-state index contributed by atoms with van der Waals surface area (Å²) in [5, 5.41) is 8.21. The summed E-state index contributed by atoms with van der Waals surface area (Å²) >= 11 is 1.78. The van der Waals surface area contributed by atoms with E-state index in [2.05, 4.69) is 103 Å². The number of benzene rings is 3. The second-order valence-corrected chi connectivity index (χ2v) is 7.55. The van der Waals surface area contributed by atoms with Crippen LogP contribution in [0.4, 0.5) is 5.69 Å². The van der Waals surface area contributed by atoms with Crippen LogP contribution in [0, 0.1) is 0 Å². The fourth-order valence-electron chi connectivity index (χ4n) is 3.23. The SMILES string of the molecule is CN(C)C1(c2ccccc2)SC(c2ccccc2)=NN1c1ccccc1. The first-order valence-electron chi connectivity index (χ1n) is 8.63. The first kappa shape index (κ1) is 16.9. The molecule has 0 radical (unpaired) electrons. The average molecular weight is 359 g/mol. The van der Waals surface area contributed by atoms with Gasteiger partial charge in [0.05, 0.1) is 5.69 Å². The Hall–Kier alpha value is -2.56. The fraction of sp³-hybridized carbons (Fsp3) is 0.136. The Balaban J connectivity index is 1.90. The Kier molecular flexibility index (Phi) is 4.53. The van der Waals surface area contributed by atoms with E-state index in [1.807, 2.05) is 12.1 Å². The number of rotatable bonds is 4. The van der Waals surface area contributed by atoms with Crippen molar-refractivity contribution in [2.75, 3.05) is 19.1 Å². The molecule has 3 aromatic carbocycles. The maximum Gasteiger partial charge on any atom is 0.194 e. The van der Waals surface area contributed by atoms with Gasteiger partial charge in [0.25, 0.3) is 0 Å². The van der Waals surface area contributed by atoms with Crippen molar-refractivity contribution in [2.45, 2.75) is 4.99 Å². The molecule has 0 amide bonds. The van der Waals surface area contributed by atoms with E-state index in [1.165, 1.54) is 5.56 Å². The molecule has 4 rings (SSSR count). The van der Waals surface area contributed by atoms with E-state index in [0.717, 1.165) is 16.3 Å². The van der Waals surface area contributed by atoms with E-state index in [-0.39, 0.29) is 0 Å². The average Bonchev–Trinajstić information content (AvgIpc) is 3.12. The van der Waals surface area contributed by atoms with Gasteiger partial charge in [-0.1, -0.05) is 90.6 Å². The number of hydrazone groups is 1. The standard InChI is InChI=1S/C22H21N3S/c1-24(2)22(19-14-8-4-9-15-19)25(20-16-10-5-11-17-20)23-21(26-22)18-12-6-3-7-13-18/h3-17H,1-2H3. The molecule has 3 aromatic rings. The maximum absolute atomic E-state index is 5.05. The van der Waals surface area contributed by atoms with E-state index in [0.29, 0.717) is 0 Å². The lowest BCUT2D eigenvalue weighted by Crippen LogP contribution is -2.49. The quantitative estimate of drug-likeness (QED) is 0.655. The van der Waals surface area contributed by atoms with Crippen LogP contribution >= 0.6 is 11.8 Å². The van der Waals surface area contributed by atoms with Gasteiger partial charge in [-0.05, 0) is 26.2 Å². The third-order valence-corrected chi connectivity index (χ3v) is 6.06. The van der Waals surface area contributed by atoms with Crippen molar-refractivity contribution in [1.29, 1.82) is 0 Å². The van der Waals surface area contributed by atoms with Gasteiger partial charge in [-0.25, -0.2) is 5.01 Å². The highest BCUT2D eigenvalue weighted by atomic mass is 32.2. The maximum atomic E-state index is 5.05. The van der Waals surface area contributed by atoms with Gasteiger partial charge in [-0.2, -0.15) is 5.10 Å². The Morgan fingerprint density at radius 1 is 0.769 bits per heavy atom. The van der Waals surface area contributed by atoms with Crippen LogP contribution in [0.5, 0.6) is 0 Å². The molecule has 4 heteroatoms. The molecular formula is C22H21N3S. The van der Waals surface area contributed by atoms with Crippen LogP contribution in [0.2, 0.25) is 0 Å². The molecule has 0 aliphatic carbocycles. The van der Waals surface area contributed by atoms with E-state index in [4.69, 9.17) is 5.10 Å². The lowest BCUT2D eigenvalue weighted by molar-refractivity contribution is 0.255. The Labute approximate surface area is 159 Å². The first-order chi connectivity index (χ1) is 12.7. The monoisotopic (exact) mass is 359 g/mol. The van der Waals surface area contributed by atoms with Crippen LogP contribution < -0.4 is 5.01 Å². The Morgan fingerprint density at radius 3 is 1.88 bits per heavy atom. The topological polar surface area (TPSA) is 18.8 Å². The summed E-state index contributed by atoms with van der Waals surface area (Å²) in [6, 6.07) is 31.3. The van der Waals surface area contributed by atoms with Crippen molar-refractivity contribution in [2.24, 2.45) is 5.10 Å². The minimum absolute atomic E-state index is 0.437. The molecule has 0 saturated heterocycles. The van der Waals surface area contributed by atoms with Crippen LogP contribution in [-0.2, 0) is 4.99 Å². The summed E-state index contributed by atoms with van der Waals surface area (Å²) < 4.78 is 0. The predicted octanol–water partition coefficient (Wildman–Crippen LogP) is 4.97. The second-order valence-electron chi connectivity index (χ2n) is 6.39. The number of para-hydroxylation sites is 1. The molecule has 1 atom stereocenters. The highest BCUT2D eigenvalue weighted by Crippen LogP contribution is 2.50. The van der Waals surface area contributed by atoms with Gasteiger partial charge in [-0.3, -0.25) is 4.90 Å². The smallest absolute Gasteiger partial charge is 0.194 e. The number of hydrogen-bond donors (Lipinski definition) is 0. The molecule has 26 heavy (non-hydrogen) atoms. The molecule has 0 saturated carbocycles. The van der Waals surface area contributed by atoms with E-state index in [9.17, 15) is 0 Å². The third kappa shape index (κ3) is 2.81. The number of nitrogens with zero attached hydrogens (tertiary/aromatic N) is 3. The lowest BCUT2D eigenvalue weighted by Gasteiger charge is -2.42. The molecule has 1 aliphatic heterocycles. The van der Waals surface area contributed by atoms with Crippen LogP contribution in [-0.4, -0.2) is 24.0 Å². The van der Waals surface area contributed by atoms with Crippen molar-refractivity contribution in [1.82, 2.24) is 4.90 Å². The van der Waals surface area contributed by atoms with Gasteiger partial charge in [0.15, 0.2) is 4.99 Å². The van der Waals surface area contributed by atoms with Crippen LogP contribution in [0.1, 0.15) is 11.1 Å². The Morgan fingerprint density at radius 2 is 1.31 bits per heavy atom. The molecule has 0 aromatic heterocycles. The van der Waals surface area contributed by atoms with Gasteiger partial charge in [0, 0.05) is 11.1 Å². The van der Waals surface area contributed by atoms with E-state index in [1.54, 1.807) is 11.8 Å². The second kappa shape index (κ2) is 6.98. The summed E-state index contributed by atoms with van der Waals surface area (Å²) in [7, 11) is 4.22. The van der Waals surface area contributed by atoms with Crippen molar-refractivity contribution < 1.29 is 0 Å². The zero-order valence-corrected chi connectivity index (χ0v) is 15.7. The van der Waals surface area contributed by atoms with Crippen molar-refractivity contribution >= 4 is 22.5 Å². The number of thioether (sulfide) groups is 1. The number of anilines is 1. The normalized spacial score (nSPS) is 19.7. The summed E-state index contributed by atoms with van der Waals surface area (Å²) in [6.07, 6.45) is 0. The van der Waals surface area contributed by atoms with Gasteiger partial charge in [-0.15, -0.1) is 0 Å². The zero-order valence-electron chi connectivity index (χ0n) is 14.9. The van der Waals surface area contributed by atoms with Crippen molar-refractivity contribution in [3.63, 3.8) is 0 Å². The Bertz CT molecular complexity index is 894. The lowest BCUT2D eigenvalue weighted by atomic mass is 10.1. The summed E-state index contributed by atoms with van der Waals surface area (Å²) in [5.41, 5.74) is 3.41. The molecule has 1 aliphatic rings. The van der Waals surface area contributed by atoms with Gasteiger partial charge in [0.2, 0.25) is 0 Å². The van der Waals surface area contributed by atoms with Gasteiger partial charge < -0.3 is 0 Å². The highest BCUT2D eigenvalue weighted by Gasteiger charge is 2.48. The van der Waals surface area contributed by atoms with Crippen molar-refractivity contribution in [3.05, 3.63) is 102 Å². The van der Waals surface area contributed by atoms with Gasteiger partial charge >= 0.3 is 0 Å². The van der Waals surface area contributed by atoms with E-state index >= 15 is 0 Å². The third-order valence-electron chi connectivity index (χ3n) is 4.49. The molecular weight excluding hydrogens is 338 g/mol. The summed E-state index contributed by atoms with van der Waals surface area (Å²) in [6.45, 7) is 0. The first-order valence-corrected chi connectivity index (χ1v) is 9.45. The van der Waals surface area contributed by atoms with Crippen LogP contribution in [0.25, 0.3) is 0 Å². The number of hydrogen-bond acceptors (Lipinski definition) is 4. The molecule has 0 N–H and O–H groups in total. The van der Waals surface area contributed by atoms with E-state index < -0.39 is 4.99 Å². The minimum Gasteiger partial charge on any atom is -0.273 e. The van der Waals surface area contributed by atoms with Crippen molar-refractivity contribution in [3.8, 4) is 0 Å². The molecule has 0 spiro atoms. The largest absolute Gasteiger partial charge is 0.273 e. The molecule has 0 bridgehead atoms. The zero-order chi connectivity index (χ0) is 18.0. The molecule has 130 valence electrons. The molecule has 1 unspecified atom stereocenters. The summed E-state index contributed by atoms with van der Waals surface area (Å²) in [4.78, 5) is 1.80. The highest BCUT2D eigenvalue weighted by molar-refractivity contribution is 8.15. The van der Waals surface area contributed by atoms with Crippen LogP contribution in [0.15, 0.2) is 96.1 Å². The fourth-order valence-corrected chi connectivity index (χ4v) is 4.55. The van der Waals surface area contributed by atoms with Gasteiger partial charge in [0.1, 0.15) is 5.04 Å². The predicted molar refractivity (Wildman–Crippen MR) is 111 cm³/mol.